The zero-order chi connectivity index (χ0) is 36.9. The Morgan fingerprint density at radius 1 is 0.885 bits per heavy atom. The molecule has 0 aromatic heterocycles. The molecule has 0 aliphatic carbocycles. The number of methoxy groups -OCH3 is 1. The predicted octanol–water partition coefficient (Wildman–Crippen LogP) is 6.74. The van der Waals surface area contributed by atoms with Crippen LogP contribution in [0.2, 0.25) is 0 Å². The molecule has 2 N–H and O–H groups in total. The molecule has 0 radical (unpaired) electrons. The standard InChI is InChI=1S/C42H53NO9/c1-42(2,3)52-41(46)43-23-35(28-49-29-36(45)25-44)40(39(24-43)51-26-30-14-15-31-10-5-6-11-33(31)22-30)32-16-18-37(19-17-32)50-21-9-20-48-27-34-12-7-8-13-38(34)47-4/h5-8,10-19,22,35-36,39-40,44-45H,9,20-21,23-29H2,1-4H3. The predicted molar refractivity (Wildman–Crippen MR) is 200 cm³/mol. The van der Waals surface area contributed by atoms with Crippen LogP contribution in [-0.4, -0.2) is 92.2 Å². The second-order valence-corrected chi connectivity index (χ2v) is 14.2. The topological polar surface area (TPSA) is 116 Å². The van der Waals surface area contributed by atoms with Gasteiger partial charge in [-0.05, 0) is 66.9 Å². The van der Waals surface area contributed by atoms with Gasteiger partial charge in [0.2, 0.25) is 0 Å². The van der Waals surface area contributed by atoms with E-state index in [1.165, 1.54) is 0 Å². The number of ether oxygens (including phenoxy) is 6. The molecule has 4 aromatic carbocycles. The maximum absolute atomic E-state index is 13.4. The summed E-state index contributed by atoms with van der Waals surface area (Å²) in [4.78, 5) is 15.1. The van der Waals surface area contributed by atoms with E-state index >= 15 is 0 Å². The maximum Gasteiger partial charge on any atom is 0.410 e. The minimum Gasteiger partial charge on any atom is -0.496 e. The van der Waals surface area contributed by atoms with Gasteiger partial charge in [-0.3, -0.25) is 0 Å². The van der Waals surface area contributed by atoms with Gasteiger partial charge in [-0.1, -0.05) is 66.7 Å². The SMILES string of the molecule is COc1ccccc1COCCCOc1ccc(C2C(COCC(O)CO)CN(C(=O)OC(C)(C)C)CC2OCc2ccc3ccccc3c2)cc1. The number of carbonyl (C=O) groups is 1. The van der Waals surface area contributed by atoms with Crippen molar-refractivity contribution in [3.63, 3.8) is 0 Å². The first-order valence-electron chi connectivity index (χ1n) is 18.0. The van der Waals surface area contributed by atoms with Gasteiger partial charge in [-0.15, -0.1) is 0 Å². The van der Waals surface area contributed by atoms with E-state index in [2.05, 4.69) is 30.3 Å². The van der Waals surface area contributed by atoms with E-state index in [0.29, 0.717) is 39.5 Å². The lowest BCUT2D eigenvalue weighted by Crippen LogP contribution is -2.53. The van der Waals surface area contributed by atoms with Crippen LogP contribution < -0.4 is 9.47 Å². The van der Waals surface area contributed by atoms with E-state index in [0.717, 1.165) is 45.4 Å². The third kappa shape index (κ3) is 11.4. The Hall–Kier alpha value is -4.19. The lowest BCUT2D eigenvalue weighted by atomic mass is 9.78. The van der Waals surface area contributed by atoms with Crippen LogP contribution in [0.25, 0.3) is 10.8 Å². The van der Waals surface area contributed by atoms with Gasteiger partial charge in [0, 0.05) is 30.4 Å². The van der Waals surface area contributed by atoms with E-state index in [1.54, 1.807) is 12.0 Å². The average Bonchev–Trinajstić information content (AvgIpc) is 3.14. The number of benzene rings is 4. The van der Waals surface area contributed by atoms with Crippen molar-refractivity contribution in [1.29, 1.82) is 0 Å². The van der Waals surface area contributed by atoms with Gasteiger partial charge >= 0.3 is 6.09 Å². The lowest BCUT2D eigenvalue weighted by Gasteiger charge is -2.44. The minimum absolute atomic E-state index is 0.0237. The smallest absolute Gasteiger partial charge is 0.410 e. The number of aliphatic hydroxyl groups excluding tert-OH is 2. The summed E-state index contributed by atoms with van der Waals surface area (Å²) in [7, 11) is 1.66. The highest BCUT2D eigenvalue weighted by molar-refractivity contribution is 5.82. The molecule has 1 amide bonds. The Kier molecular flexibility index (Phi) is 14.3. The van der Waals surface area contributed by atoms with Crippen LogP contribution in [0.15, 0.2) is 91.0 Å². The van der Waals surface area contributed by atoms with Crippen LogP contribution in [-0.2, 0) is 32.2 Å². The van der Waals surface area contributed by atoms with E-state index in [-0.39, 0.29) is 25.0 Å². The van der Waals surface area contributed by atoms with Crippen LogP contribution in [0.4, 0.5) is 4.79 Å². The fraction of sp³-hybridized carbons (Fsp3) is 0.452. The summed E-state index contributed by atoms with van der Waals surface area (Å²) in [5, 5.41) is 21.6. The molecule has 0 saturated carbocycles. The molecule has 52 heavy (non-hydrogen) atoms. The van der Waals surface area contributed by atoms with Crippen LogP contribution >= 0.6 is 0 Å². The van der Waals surface area contributed by atoms with Crippen molar-refractivity contribution in [2.75, 3.05) is 53.2 Å². The van der Waals surface area contributed by atoms with Gasteiger partial charge in [0.05, 0.1) is 66.0 Å². The molecule has 10 heteroatoms. The van der Waals surface area contributed by atoms with Crippen molar-refractivity contribution in [2.24, 2.45) is 5.92 Å². The zero-order valence-corrected chi connectivity index (χ0v) is 30.7. The number of aliphatic hydroxyl groups is 2. The molecule has 1 heterocycles. The summed E-state index contributed by atoms with van der Waals surface area (Å²) in [5.41, 5.74) is 2.40. The van der Waals surface area contributed by atoms with Crippen LogP contribution in [0.3, 0.4) is 0 Å². The Morgan fingerprint density at radius 2 is 1.63 bits per heavy atom. The summed E-state index contributed by atoms with van der Waals surface area (Å²) in [6.45, 7) is 7.94. The van der Waals surface area contributed by atoms with Gasteiger partial charge in [0.25, 0.3) is 0 Å². The van der Waals surface area contributed by atoms with E-state index in [4.69, 9.17) is 28.4 Å². The molecular formula is C42H53NO9. The monoisotopic (exact) mass is 715 g/mol. The van der Waals surface area contributed by atoms with Gasteiger partial charge in [0.1, 0.15) is 23.2 Å². The third-order valence-corrected chi connectivity index (χ3v) is 8.96. The fourth-order valence-corrected chi connectivity index (χ4v) is 6.46. The van der Waals surface area contributed by atoms with Crippen molar-refractivity contribution in [1.82, 2.24) is 4.90 Å². The van der Waals surface area contributed by atoms with Gasteiger partial charge in [-0.25, -0.2) is 4.79 Å². The second-order valence-electron chi connectivity index (χ2n) is 14.2. The van der Waals surface area contributed by atoms with E-state index in [1.807, 2.05) is 81.4 Å². The molecule has 0 bridgehead atoms. The number of amides is 1. The molecule has 0 spiro atoms. The van der Waals surface area contributed by atoms with Crippen LogP contribution in [0.5, 0.6) is 11.5 Å². The molecule has 1 saturated heterocycles. The molecular weight excluding hydrogens is 662 g/mol. The molecule has 1 fully saturated rings. The molecule has 10 nitrogen and oxygen atoms in total. The number of nitrogens with zero attached hydrogens (tertiary/aromatic N) is 1. The van der Waals surface area contributed by atoms with Gasteiger partial charge < -0.3 is 43.5 Å². The summed E-state index contributed by atoms with van der Waals surface area (Å²) in [6.07, 6.45) is -1.08. The summed E-state index contributed by atoms with van der Waals surface area (Å²) in [6, 6.07) is 30.3. The number of rotatable bonds is 17. The third-order valence-electron chi connectivity index (χ3n) is 8.96. The van der Waals surface area contributed by atoms with Crippen LogP contribution in [0.1, 0.15) is 49.8 Å². The summed E-state index contributed by atoms with van der Waals surface area (Å²) >= 11 is 0. The zero-order valence-electron chi connectivity index (χ0n) is 30.7. The number of piperidine rings is 1. The molecule has 4 atom stereocenters. The highest BCUT2D eigenvalue weighted by Gasteiger charge is 2.41. The number of hydrogen-bond donors (Lipinski definition) is 2. The number of fused-ring (bicyclic) bond motifs is 1. The number of carbonyl (C=O) groups excluding carboxylic acids is 1. The minimum atomic E-state index is -0.994. The first kappa shape index (κ1) is 39.0. The Labute approximate surface area is 307 Å². The number of para-hydroxylation sites is 1. The first-order chi connectivity index (χ1) is 25.1. The van der Waals surface area contributed by atoms with Crippen molar-refractivity contribution < 1.29 is 43.4 Å². The van der Waals surface area contributed by atoms with Crippen LogP contribution in [0, 0.1) is 5.92 Å². The highest BCUT2D eigenvalue weighted by Crippen LogP contribution is 2.37. The fourth-order valence-electron chi connectivity index (χ4n) is 6.46. The number of likely N-dealkylation sites (tertiary alicyclic amines) is 1. The molecule has 4 unspecified atom stereocenters. The summed E-state index contributed by atoms with van der Waals surface area (Å²) < 4.78 is 35.7. The molecule has 5 rings (SSSR count). The Morgan fingerprint density at radius 3 is 2.38 bits per heavy atom. The lowest BCUT2D eigenvalue weighted by molar-refractivity contribution is -0.0735. The second kappa shape index (κ2) is 19.0. The van der Waals surface area contributed by atoms with E-state index < -0.39 is 30.5 Å². The highest BCUT2D eigenvalue weighted by atomic mass is 16.6. The molecule has 1 aliphatic heterocycles. The summed E-state index contributed by atoms with van der Waals surface area (Å²) in [5.74, 6) is 1.21. The Balaban J connectivity index is 1.29. The van der Waals surface area contributed by atoms with E-state index in [9.17, 15) is 15.0 Å². The van der Waals surface area contributed by atoms with Crippen molar-refractivity contribution in [2.45, 2.75) is 64.1 Å². The molecule has 1 aliphatic rings. The van der Waals surface area contributed by atoms with Crippen molar-refractivity contribution in [3.05, 3.63) is 108 Å². The average molecular weight is 716 g/mol. The van der Waals surface area contributed by atoms with Gasteiger partial charge in [-0.2, -0.15) is 0 Å². The first-order valence-corrected chi connectivity index (χ1v) is 18.0. The van der Waals surface area contributed by atoms with Gasteiger partial charge in [0.15, 0.2) is 0 Å². The Bertz CT molecular complexity index is 1690. The van der Waals surface area contributed by atoms with Crippen molar-refractivity contribution in [3.8, 4) is 11.5 Å². The largest absolute Gasteiger partial charge is 0.496 e. The number of hydrogen-bond acceptors (Lipinski definition) is 9. The molecule has 280 valence electrons. The quantitative estimate of drug-likeness (QED) is 0.115. The van der Waals surface area contributed by atoms with Crippen molar-refractivity contribution >= 4 is 16.9 Å². The maximum atomic E-state index is 13.4. The normalized spacial score (nSPS) is 18.3. The molecule has 4 aromatic rings.